The van der Waals surface area contributed by atoms with Crippen LogP contribution >= 0.6 is 27.5 Å². The lowest BCUT2D eigenvalue weighted by molar-refractivity contribution is 0.329. The van der Waals surface area contributed by atoms with Gasteiger partial charge in [-0.1, -0.05) is 12.8 Å². The Morgan fingerprint density at radius 1 is 1.40 bits per heavy atom. The lowest BCUT2D eigenvalue weighted by Crippen LogP contribution is -2.28. The van der Waals surface area contributed by atoms with Gasteiger partial charge in [0.2, 0.25) is 0 Å². The van der Waals surface area contributed by atoms with Crippen LogP contribution in [0.15, 0.2) is 16.6 Å². The van der Waals surface area contributed by atoms with Crippen molar-refractivity contribution in [3.05, 3.63) is 28.2 Å². The number of aromatic nitrogens is 2. The molecule has 0 saturated heterocycles. The number of nitrogens with zero attached hydrogens (tertiary/aromatic N) is 2. The van der Waals surface area contributed by atoms with Crippen LogP contribution in [0.1, 0.15) is 38.4 Å². The van der Waals surface area contributed by atoms with Crippen LogP contribution in [-0.4, -0.2) is 15.4 Å². The van der Waals surface area contributed by atoms with Crippen LogP contribution in [0.5, 0.6) is 0 Å². The molecule has 1 heterocycles. The Hall–Kier alpha value is -0.610. The topological polar surface area (TPSA) is 17.8 Å². The second-order valence-corrected chi connectivity index (χ2v) is 6.99. The molecule has 2 nitrogen and oxygen atoms in total. The molecule has 1 saturated carbocycles. The second kappa shape index (κ2) is 5.30. The number of aryl methyl sites for hydroxylation is 1. The van der Waals surface area contributed by atoms with Gasteiger partial charge in [-0.15, -0.1) is 11.6 Å². The van der Waals surface area contributed by atoms with Crippen LogP contribution in [0.2, 0.25) is 0 Å². The van der Waals surface area contributed by atoms with E-state index in [2.05, 4.69) is 32.4 Å². The lowest BCUT2D eigenvalue weighted by Gasteiger charge is -2.29. The Bertz CT molecular complexity index is 647. The van der Waals surface area contributed by atoms with Gasteiger partial charge in [-0.2, -0.15) is 0 Å². The Morgan fingerprint density at radius 3 is 2.75 bits per heavy atom. The summed E-state index contributed by atoms with van der Waals surface area (Å²) in [5.41, 5.74) is 1.80. The molecule has 0 N–H and O–H groups in total. The van der Waals surface area contributed by atoms with Crippen molar-refractivity contribution in [2.45, 2.75) is 44.6 Å². The Balaban J connectivity index is 2.25. The summed E-state index contributed by atoms with van der Waals surface area (Å²) in [4.78, 5) is 4.61. The summed E-state index contributed by atoms with van der Waals surface area (Å²) >= 11 is 9.20. The highest BCUT2D eigenvalue weighted by Crippen LogP contribution is 2.40. The van der Waals surface area contributed by atoms with Crippen molar-refractivity contribution in [3.8, 4) is 0 Å². The van der Waals surface area contributed by atoms with Gasteiger partial charge in [-0.25, -0.2) is 9.37 Å². The molecule has 1 fully saturated rings. The maximum absolute atomic E-state index is 13.7. The molecule has 0 aliphatic heterocycles. The molecule has 0 radical (unpaired) electrons. The average molecular weight is 360 g/mol. The van der Waals surface area contributed by atoms with Crippen molar-refractivity contribution in [1.29, 1.82) is 0 Å². The zero-order valence-electron chi connectivity index (χ0n) is 11.4. The van der Waals surface area contributed by atoms with Gasteiger partial charge in [0.05, 0.1) is 15.5 Å². The molecule has 0 bridgehead atoms. The molecule has 1 aromatic heterocycles. The summed E-state index contributed by atoms with van der Waals surface area (Å²) in [5.74, 6) is 1.23. The van der Waals surface area contributed by atoms with Gasteiger partial charge in [0.25, 0.3) is 0 Å². The predicted molar refractivity (Wildman–Crippen MR) is 83.9 cm³/mol. The molecule has 2 aromatic rings. The van der Waals surface area contributed by atoms with Crippen LogP contribution in [-0.2, 0) is 12.0 Å². The summed E-state index contributed by atoms with van der Waals surface area (Å²) in [6.07, 6.45) is 5.47. The van der Waals surface area contributed by atoms with E-state index < -0.39 is 0 Å². The third-order valence-corrected chi connectivity index (χ3v) is 5.10. The lowest BCUT2D eigenvalue weighted by atomic mass is 9.99. The largest absolute Gasteiger partial charge is 0.322 e. The third-order valence-electron chi connectivity index (χ3n) is 4.30. The molecular formula is C15H17BrClFN2. The minimum Gasteiger partial charge on any atom is -0.322 e. The highest BCUT2D eigenvalue weighted by atomic mass is 79.9. The predicted octanol–water partition coefficient (Wildman–Crippen LogP) is 5.01. The SMILES string of the molecule is CC1(n2c(CCCl)nc3cc(F)c(Br)cc32)CCCC1. The van der Waals surface area contributed by atoms with Crippen LogP contribution in [0.25, 0.3) is 11.0 Å². The van der Waals surface area contributed by atoms with Crippen molar-refractivity contribution in [2.24, 2.45) is 0 Å². The van der Waals surface area contributed by atoms with E-state index in [1.54, 1.807) is 0 Å². The van der Waals surface area contributed by atoms with Crippen molar-refractivity contribution in [3.63, 3.8) is 0 Å². The van der Waals surface area contributed by atoms with Gasteiger partial charge in [0.1, 0.15) is 11.6 Å². The number of benzene rings is 1. The van der Waals surface area contributed by atoms with Crippen molar-refractivity contribution < 1.29 is 4.39 Å². The fraction of sp³-hybridized carbons (Fsp3) is 0.533. The first-order valence-corrected chi connectivity index (χ1v) is 8.31. The van der Waals surface area contributed by atoms with Gasteiger partial charge in [0.15, 0.2) is 0 Å². The number of rotatable bonds is 3. The maximum atomic E-state index is 13.7. The zero-order valence-corrected chi connectivity index (χ0v) is 13.8. The van der Waals surface area contributed by atoms with Crippen molar-refractivity contribution in [2.75, 3.05) is 5.88 Å². The number of imidazole rings is 1. The summed E-state index contributed by atoms with van der Waals surface area (Å²) in [6.45, 7) is 2.27. The van der Waals surface area contributed by atoms with E-state index >= 15 is 0 Å². The van der Waals surface area contributed by atoms with E-state index in [1.165, 1.54) is 18.9 Å². The molecule has 0 amide bonds. The third kappa shape index (κ3) is 2.27. The van der Waals surface area contributed by atoms with Gasteiger partial charge in [0, 0.05) is 23.9 Å². The molecule has 1 aromatic carbocycles. The zero-order chi connectivity index (χ0) is 14.3. The molecule has 1 aliphatic carbocycles. The molecule has 0 spiro atoms. The number of hydrogen-bond donors (Lipinski definition) is 0. The number of alkyl halides is 1. The van der Waals surface area contributed by atoms with E-state index in [0.29, 0.717) is 16.8 Å². The molecule has 1 aliphatic rings. The molecule has 0 atom stereocenters. The Labute approximate surface area is 131 Å². The number of halogens is 3. The van der Waals surface area contributed by atoms with E-state index in [0.717, 1.165) is 29.7 Å². The van der Waals surface area contributed by atoms with Crippen LogP contribution in [0, 0.1) is 5.82 Å². The van der Waals surface area contributed by atoms with E-state index in [1.807, 2.05) is 6.07 Å². The summed E-state index contributed by atoms with van der Waals surface area (Å²) in [5, 5.41) is 0. The molecule has 20 heavy (non-hydrogen) atoms. The minimum absolute atomic E-state index is 0.0768. The quantitative estimate of drug-likeness (QED) is 0.704. The van der Waals surface area contributed by atoms with E-state index in [-0.39, 0.29) is 11.4 Å². The first-order valence-electron chi connectivity index (χ1n) is 6.98. The first-order chi connectivity index (χ1) is 9.55. The summed E-state index contributed by atoms with van der Waals surface area (Å²) < 4.78 is 16.5. The molecule has 3 rings (SSSR count). The Morgan fingerprint density at radius 2 is 2.10 bits per heavy atom. The number of fused-ring (bicyclic) bond motifs is 1. The van der Waals surface area contributed by atoms with E-state index in [9.17, 15) is 4.39 Å². The van der Waals surface area contributed by atoms with Gasteiger partial charge in [-0.05, 0) is 41.8 Å². The Kier molecular flexibility index (Phi) is 3.80. The minimum atomic E-state index is -0.267. The molecule has 5 heteroatoms. The van der Waals surface area contributed by atoms with Gasteiger partial charge >= 0.3 is 0 Å². The fourth-order valence-corrected chi connectivity index (χ4v) is 3.84. The fourth-order valence-electron chi connectivity index (χ4n) is 3.34. The molecule has 0 unspecified atom stereocenters. The molecule has 108 valence electrons. The summed E-state index contributed by atoms with van der Waals surface area (Å²) in [6, 6.07) is 3.35. The monoisotopic (exact) mass is 358 g/mol. The smallest absolute Gasteiger partial charge is 0.139 e. The highest BCUT2D eigenvalue weighted by Gasteiger charge is 2.33. The highest BCUT2D eigenvalue weighted by molar-refractivity contribution is 9.10. The van der Waals surface area contributed by atoms with Crippen LogP contribution < -0.4 is 0 Å². The van der Waals surface area contributed by atoms with Crippen LogP contribution in [0.4, 0.5) is 4.39 Å². The van der Waals surface area contributed by atoms with Gasteiger partial charge in [-0.3, -0.25) is 0 Å². The maximum Gasteiger partial charge on any atom is 0.139 e. The first kappa shape index (κ1) is 14.3. The molecular weight excluding hydrogens is 343 g/mol. The van der Waals surface area contributed by atoms with Gasteiger partial charge < -0.3 is 4.57 Å². The standard InChI is InChI=1S/C15H17BrClFN2/c1-15(5-2-3-6-15)20-13-8-10(16)11(18)9-12(13)19-14(20)4-7-17/h8-9H,2-7H2,1H3. The second-order valence-electron chi connectivity index (χ2n) is 5.76. The normalized spacial score (nSPS) is 18.0. The van der Waals surface area contributed by atoms with Crippen LogP contribution in [0.3, 0.4) is 0 Å². The van der Waals surface area contributed by atoms with E-state index in [4.69, 9.17) is 11.6 Å². The average Bonchev–Trinajstić information content (AvgIpc) is 2.96. The number of hydrogen-bond acceptors (Lipinski definition) is 1. The van der Waals surface area contributed by atoms with Crippen molar-refractivity contribution >= 4 is 38.6 Å². The summed E-state index contributed by atoms with van der Waals surface area (Å²) in [7, 11) is 0. The van der Waals surface area contributed by atoms with Crippen molar-refractivity contribution in [1.82, 2.24) is 9.55 Å².